The Balaban J connectivity index is 2.62. The van der Waals surface area contributed by atoms with Crippen molar-refractivity contribution in [3.63, 3.8) is 0 Å². The van der Waals surface area contributed by atoms with Crippen LogP contribution in [0.1, 0.15) is 34.6 Å². The van der Waals surface area contributed by atoms with Crippen LogP contribution in [0.5, 0.6) is 0 Å². The Morgan fingerprint density at radius 3 is 1.91 bits per heavy atom. The summed E-state index contributed by atoms with van der Waals surface area (Å²) in [4.78, 5) is 0. The third-order valence-electron chi connectivity index (χ3n) is 3.03. The van der Waals surface area contributed by atoms with Crippen LogP contribution in [0, 0.1) is 17.3 Å². The van der Waals surface area contributed by atoms with Crippen LogP contribution in [0.15, 0.2) is 0 Å². The molecule has 1 heteroatoms. The molecular weight excluding hydrogens is 136 g/mol. The molecule has 0 bridgehead atoms. The molecule has 0 N–H and O–H groups in total. The lowest BCUT2D eigenvalue weighted by atomic mass is 9.74. The summed E-state index contributed by atoms with van der Waals surface area (Å²) in [5.74, 6) is 1.45. The normalized spacial score (nSPS) is 39.5. The van der Waals surface area contributed by atoms with Gasteiger partial charge in [-0.05, 0) is 24.2 Å². The van der Waals surface area contributed by atoms with Gasteiger partial charge >= 0.3 is 0 Å². The van der Waals surface area contributed by atoms with E-state index >= 15 is 0 Å². The van der Waals surface area contributed by atoms with Crippen LogP contribution in [0.3, 0.4) is 0 Å². The van der Waals surface area contributed by atoms with Gasteiger partial charge in [0.05, 0.1) is 12.7 Å². The van der Waals surface area contributed by atoms with Gasteiger partial charge in [-0.3, -0.25) is 0 Å². The van der Waals surface area contributed by atoms with Gasteiger partial charge in [-0.1, -0.05) is 27.7 Å². The summed E-state index contributed by atoms with van der Waals surface area (Å²) in [6, 6.07) is 0. The molecule has 1 saturated heterocycles. The smallest absolute Gasteiger partial charge is 0.0576 e. The van der Waals surface area contributed by atoms with Gasteiger partial charge in [-0.2, -0.15) is 0 Å². The molecule has 1 aliphatic rings. The Hall–Kier alpha value is -0.0400. The Labute approximate surface area is 70.1 Å². The summed E-state index contributed by atoms with van der Waals surface area (Å²) in [5, 5.41) is 0. The monoisotopic (exact) mass is 156 g/mol. The Morgan fingerprint density at radius 1 is 1.18 bits per heavy atom. The van der Waals surface area contributed by atoms with Gasteiger partial charge in [0.1, 0.15) is 0 Å². The van der Waals surface area contributed by atoms with Crippen LogP contribution in [0.4, 0.5) is 0 Å². The van der Waals surface area contributed by atoms with Crippen molar-refractivity contribution in [2.75, 3.05) is 6.61 Å². The third kappa shape index (κ3) is 1.76. The maximum atomic E-state index is 5.60. The lowest BCUT2D eigenvalue weighted by molar-refractivity contribution is 0.103. The van der Waals surface area contributed by atoms with Gasteiger partial charge in [0, 0.05) is 0 Å². The predicted octanol–water partition coefficient (Wildman–Crippen LogP) is 2.70. The first-order valence-electron chi connectivity index (χ1n) is 4.54. The summed E-state index contributed by atoms with van der Waals surface area (Å²) in [6.45, 7) is 12.3. The fraction of sp³-hybridized carbons (Fsp3) is 1.00. The van der Waals surface area contributed by atoms with Crippen LogP contribution in [-0.2, 0) is 4.74 Å². The predicted molar refractivity (Wildman–Crippen MR) is 47.5 cm³/mol. The molecule has 1 rings (SSSR count). The van der Waals surface area contributed by atoms with E-state index < -0.39 is 0 Å². The molecule has 0 aromatic rings. The second kappa shape index (κ2) is 2.78. The van der Waals surface area contributed by atoms with E-state index in [-0.39, 0.29) is 0 Å². The van der Waals surface area contributed by atoms with Crippen molar-refractivity contribution in [3.05, 3.63) is 0 Å². The fourth-order valence-corrected chi connectivity index (χ4v) is 1.92. The van der Waals surface area contributed by atoms with E-state index in [0.29, 0.717) is 11.5 Å². The van der Waals surface area contributed by atoms with E-state index in [4.69, 9.17) is 4.74 Å². The zero-order valence-electron chi connectivity index (χ0n) is 8.35. The van der Waals surface area contributed by atoms with Crippen molar-refractivity contribution in [2.45, 2.75) is 40.7 Å². The molecule has 0 radical (unpaired) electrons. The number of ether oxygens (including phenoxy) is 1. The van der Waals surface area contributed by atoms with Crippen molar-refractivity contribution in [1.82, 2.24) is 0 Å². The third-order valence-corrected chi connectivity index (χ3v) is 3.03. The topological polar surface area (TPSA) is 9.23 Å². The largest absolute Gasteiger partial charge is 0.378 e. The highest BCUT2D eigenvalue weighted by Crippen LogP contribution is 2.39. The number of rotatable bonds is 0. The summed E-state index contributed by atoms with van der Waals surface area (Å²) >= 11 is 0. The standard InChI is InChI=1S/C10H20O/c1-7-8(2)11-6-9(7)10(3,4)5/h7-9H,6H2,1-5H3. The van der Waals surface area contributed by atoms with E-state index in [0.717, 1.165) is 18.4 Å². The molecule has 3 atom stereocenters. The van der Waals surface area contributed by atoms with Crippen LogP contribution >= 0.6 is 0 Å². The number of hydrogen-bond acceptors (Lipinski definition) is 1. The van der Waals surface area contributed by atoms with E-state index in [2.05, 4.69) is 34.6 Å². The SMILES string of the molecule is CC1OCC(C(C)(C)C)C1C. The summed E-state index contributed by atoms with van der Waals surface area (Å²) in [7, 11) is 0. The van der Waals surface area contributed by atoms with Crippen molar-refractivity contribution in [2.24, 2.45) is 17.3 Å². The molecule has 0 aliphatic carbocycles. The highest BCUT2D eigenvalue weighted by atomic mass is 16.5. The van der Waals surface area contributed by atoms with Crippen LogP contribution in [0.25, 0.3) is 0 Å². The first-order chi connectivity index (χ1) is 4.93. The van der Waals surface area contributed by atoms with Gasteiger partial charge in [-0.25, -0.2) is 0 Å². The molecule has 1 heterocycles. The van der Waals surface area contributed by atoms with E-state index in [1.807, 2.05) is 0 Å². The molecule has 11 heavy (non-hydrogen) atoms. The first-order valence-corrected chi connectivity index (χ1v) is 4.54. The van der Waals surface area contributed by atoms with Crippen molar-refractivity contribution in [3.8, 4) is 0 Å². The molecule has 3 unspecified atom stereocenters. The molecule has 0 amide bonds. The van der Waals surface area contributed by atoms with Crippen molar-refractivity contribution in [1.29, 1.82) is 0 Å². The molecule has 66 valence electrons. The second-order valence-corrected chi connectivity index (χ2v) is 4.87. The zero-order valence-corrected chi connectivity index (χ0v) is 8.35. The molecule has 0 aromatic heterocycles. The van der Waals surface area contributed by atoms with Gasteiger partial charge in [0.2, 0.25) is 0 Å². The zero-order chi connectivity index (χ0) is 8.65. The molecule has 1 fully saturated rings. The summed E-state index contributed by atoms with van der Waals surface area (Å²) < 4.78 is 5.60. The van der Waals surface area contributed by atoms with Gasteiger partial charge in [0.25, 0.3) is 0 Å². The average molecular weight is 156 g/mol. The summed E-state index contributed by atoms with van der Waals surface area (Å²) in [5.41, 5.74) is 0.407. The second-order valence-electron chi connectivity index (χ2n) is 4.87. The van der Waals surface area contributed by atoms with Crippen molar-refractivity contribution < 1.29 is 4.74 Å². The Morgan fingerprint density at radius 2 is 1.73 bits per heavy atom. The van der Waals surface area contributed by atoms with Gasteiger partial charge in [0.15, 0.2) is 0 Å². The molecule has 0 spiro atoms. The molecule has 1 nitrogen and oxygen atoms in total. The minimum Gasteiger partial charge on any atom is -0.378 e. The average Bonchev–Trinajstić information content (AvgIpc) is 2.11. The lowest BCUT2D eigenvalue weighted by Gasteiger charge is -2.29. The maximum absolute atomic E-state index is 5.60. The minimum absolute atomic E-state index is 0.407. The van der Waals surface area contributed by atoms with E-state index in [1.165, 1.54) is 0 Å². The summed E-state index contributed by atoms with van der Waals surface area (Å²) in [6.07, 6.45) is 0.458. The molecule has 1 aliphatic heterocycles. The lowest BCUT2D eigenvalue weighted by Crippen LogP contribution is -2.27. The van der Waals surface area contributed by atoms with E-state index in [9.17, 15) is 0 Å². The highest BCUT2D eigenvalue weighted by molar-refractivity contribution is 4.85. The maximum Gasteiger partial charge on any atom is 0.0576 e. The van der Waals surface area contributed by atoms with Crippen LogP contribution in [-0.4, -0.2) is 12.7 Å². The Bertz CT molecular complexity index is 134. The van der Waals surface area contributed by atoms with Gasteiger partial charge in [-0.15, -0.1) is 0 Å². The number of hydrogen-bond donors (Lipinski definition) is 0. The molecule has 0 saturated carbocycles. The van der Waals surface area contributed by atoms with Gasteiger partial charge < -0.3 is 4.74 Å². The minimum atomic E-state index is 0.407. The van der Waals surface area contributed by atoms with Crippen LogP contribution in [0.2, 0.25) is 0 Å². The quantitative estimate of drug-likeness (QED) is 0.524. The highest BCUT2D eigenvalue weighted by Gasteiger charge is 2.38. The van der Waals surface area contributed by atoms with E-state index in [1.54, 1.807) is 0 Å². The van der Waals surface area contributed by atoms with Crippen molar-refractivity contribution >= 4 is 0 Å². The molecule has 0 aromatic carbocycles. The molecular formula is C10H20O. The first kappa shape index (κ1) is 9.05. The Kier molecular flexibility index (Phi) is 2.29. The van der Waals surface area contributed by atoms with Crippen LogP contribution < -0.4 is 0 Å². The fourth-order valence-electron chi connectivity index (χ4n) is 1.92.